The van der Waals surface area contributed by atoms with E-state index in [1.165, 1.54) is 22.7 Å². The van der Waals surface area contributed by atoms with Crippen molar-refractivity contribution in [1.82, 2.24) is 9.99 Å². The van der Waals surface area contributed by atoms with Crippen LogP contribution in [0.1, 0.15) is 25.8 Å². The molecule has 0 fully saturated rings. The lowest BCUT2D eigenvalue weighted by Crippen LogP contribution is -2.30. The second-order valence-corrected chi connectivity index (χ2v) is 5.93. The molecular formula is C11H13N3O2S2. The molecule has 0 radical (unpaired) electrons. The second-order valence-electron chi connectivity index (χ2n) is 3.84. The quantitative estimate of drug-likeness (QED) is 0.505. The van der Waals surface area contributed by atoms with Crippen molar-refractivity contribution < 1.29 is 4.79 Å². The average molecular weight is 283 g/mol. The molecule has 0 bridgehead atoms. The molecule has 2 heterocycles. The van der Waals surface area contributed by atoms with Crippen molar-refractivity contribution in [3.8, 4) is 0 Å². The van der Waals surface area contributed by atoms with Crippen molar-refractivity contribution in [3.05, 3.63) is 42.1 Å². The third kappa shape index (κ3) is 2.24. The van der Waals surface area contributed by atoms with Gasteiger partial charge >= 0.3 is 4.87 Å². The molecule has 2 aromatic rings. The fraction of sp³-hybridized carbons (Fsp3) is 0.273. The number of nitrogens with one attached hydrogen (secondary N) is 1. The van der Waals surface area contributed by atoms with Gasteiger partial charge in [0.1, 0.15) is 0 Å². The van der Waals surface area contributed by atoms with Crippen LogP contribution in [0.5, 0.6) is 0 Å². The summed E-state index contributed by atoms with van der Waals surface area (Å²) in [4.78, 5) is 24.9. The van der Waals surface area contributed by atoms with Gasteiger partial charge in [0.25, 0.3) is 5.91 Å². The maximum Gasteiger partial charge on any atom is 0.307 e. The molecular weight excluding hydrogens is 270 g/mol. The molecule has 7 heteroatoms. The number of hydrazine groups is 1. The number of thiophene rings is 1. The number of thiazole rings is 1. The summed E-state index contributed by atoms with van der Waals surface area (Å²) < 4.78 is 1.68. The zero-order valence-electron chi connectivity index (χ0n) is 10.0. The van der Waals surface area contributed by atoms with Crippen LogP contribution >= 0.6 is 22.7 Å². The molecule has 0 aliphatic carbocycles. The monoisotopic (exact) mass is 283 g/mol. The summed E-state index contributed by atoms with van der Waals surface area (Å²) in [7, 11) is 0. The Balaban J connectivity index is 2.38. The third-order valence-electron chi connectivity index (χ3n) is 2.79. The molecule has 0 atom stereocenters. The van der Waals surface area contributed by atoms with Crippen LogP contribution in [0.4, 0.5) is 0 Å². The number of aryl methyl sites for hydroxylation is 1. The van der Waals surface area contributed by atoms with Gasteiger partial charge in [-0.25, -0.2) is 5.84 Å². The Labute approximate surface area is 112 Å². The molecule has 5 nitrogen and oxygen atoms in total. The summed E-state index contributed by atoms with van der Waals surface area (Å²) in [5, 5.41) is 1.82. The van der Waals surface area contributed by atoms with Crippen LogP contribution in [0, 0.1) is 13.8 Å². The molecule has 1 amide bonds. The van der Waals surface area contributed by atoms with Crippen molar-refractivity contribution in [2.24, 2.45) is 5.84 Å². The molecule has 0 aromatic carbocycles. The van der Waals surface area contributed by atoms with E-state index < -0.39 is 0 Å². The van der Waals surface area contributed by atoms with Gasteiger partial charge in [-0.3, -0.25) is 19.6 Å². The fourth-order valence-electron chi connectivity index (χ4n) is 1.67. The molecule has 0 aliphatic rings. The van der Waals surface area contributed by atoms with Crippen LogP contribution in [0.3, 0.4) is 0 Å². The number of amides is 1. The van der Waals surface area contributed by atoms with Gasteiger partial charge in [-0.2, -0.15) is 0 Å². The first kappa shape index (κ1) is 13.0. The van der Waals surface area contributed by atoms with E-state index in [4.69, 9.17) is 5.84 Å². The van der Waals surface area contributed by atoms with Gasteiger partial charge in [0.05, 0.1) is 11.4 Å². The first-order valence-corrected chi connectivity index (χ1v) is 6.98. The van der Waals surface area contributed by atoms with Crippen molar-refractivity contribution in [2.45, 2.75) is 20.4 Å². The van der Waals surface area contributed by atoms with E-state index in [9.17, 15) is 9.59 Å². The van der Waals surface area contributed by atoms with E-state index in [0.29, 0.717) is 11.4 Å². The highest BCUT2D eigenvalue weighted by Crippen LogP contribution is 2.19. The minimum absolute atomic E-state index is 0.00435. The van der Waals surface area contributed by atoms with Crippen LogP contribution in [-0.4, -0.2) is 10.5 Å². The Kier molecular flexibility index (Phi) is 3.65. The highest BCUT2D eigenvalue weighted by atomic mass is 32.1. The molecule has 0 saturated heterocycles. The number of carbonyl (C=O) groups is 1. The molecule has 3 N–H and O–H groups in total. The molecule has 0 saturated carbocycles. The zero-order valence-corrected chi connectivity index (χ0v) is 11.7. The summed E-state index contributed by atoms with van der Waals surface area (Å²) in [5.74, 6) is 4.81. The number of hydrogen-bond donors (Lipinski definition) is 2. The normalized spacial score (nSPS) is 10.6. The predicted molar refractivity (Wildman–Crippen MR) is 73.1 cm³/mol. The van der Waals surface area contributed by atoms with E-state index in [1.54, 1.807) is 4.57 Å². The summed E-state index contributed by atoms with van der Waals surface area (Å²) in [6.07, 6.45) is 0. The van der Waals surface area contributed by atoms with Crippen molar-refractivity contribution in [1.29, 1.82) is 0 Å². The van der Waals surface area contributed by atoms with Gasteiger partial charge < -0.3 is 0 Å². The van der Waals surface area contributed by atoms with Crippen LogP contribution < -0.4 is 16.1 Å². The van der Waals surface area contributed by atoms with Crippen molar-refractivity contribution >= 4 is 28.6 Å². The molecule has 0 unspecified atom stereocenters. The third-order valence-corrected chi connectivity index (χ3v) is 4.74. The van der Waals surface area contributed by atoms with Crippen LogP contribution in [-0.2, 0) is 6.54 Å². The van der Waals surface area contributed by atoms with E-state index in [1.807, 2.05) is 25.3 Å². The standard InChI is InChI=1S/C11H13N3O2S2/c1-6-7(2)18-11(16)14(6)5-8-3-4-17-9(8)10(15)13-12/h3-4H,5,12H2,1-2H3,(H,13,15). The molecule has 2 rings (SSSR count). The Morgan fingerprint density at radius 3 is 2.78 bits per heavy atom. The average Bonchev–Trinajstić information content (AvgIpc) is 2.89. The van der Waals surface area contributed by atoms with Crippen molar-refractivity contribution in [3.63, 3.8) is 0 Å². The van der Waals surface area contributed by atoms with Gasteiger partial charge in [-0.1, -0.05) is 11.3 Å². The topological polar surface area (TPSA) is 77.1 Å². The maximum absolute atomic E-state index is 11.8. The maximum atomic E-state index is 11.8. The highest BCUT2D eigenvalue weighted by Gasteiger charge is 2.15. The Hall–Kier alpha value is -1.44. The lowest BCUT2D eigenvalue weighted by atomic mass is 10.2. The lowest BCUT2D eigenvalue weighted by Gasteiger charge is -2.05. The number of rotatable bonds is 3. The van der Waals surface area contributed by atoms with Crippen LogP contribution in [0.2, 0.25) is 0 Å². The largest absolute Gasteiger partial charge is 0.307 e. The smallest absolute Gasteiger partial charge is 0.299 e. The van der Waals surface area contributed by atoms with Crippen LogP contribution in [0.15, 0.2) is 16.2 Å². The van der Waals surface area contributed by atoms with Crippen LogP contribution in [0.25, 0.3) is 0 Å². The Morgan fingerprint density at radius 1 is 1.50 bits per heavy atom. The molecule has 96 valence electrons. The van der Waals surface area contributed by atoms with Gasteiger partial charge in [-0.15, -0.1) is 11.3 Å². The Bertz CT molecular complexity index is 639. The van der Waals surface area contributed by atoms with Gasteiger partial charge in [0.15, 0.2) is 0 Å². The Morgan fingerprint density at radius 2 is 2.22 bits per heavy atom. The second kappa shape index (κ2) is 5.05. The van der Waals surface area contributed by atoms with E-state index in [2.05, 4.69) is 5.43 Å². The minimum atomic E-state index is -0.322. The number of carbonyl (C=O) groups excluding carboxylic acids is 1. The first-order chi connectivity index (χ1) is 8.54. The molecule has 0 aliphatic heterocycles. The van der Waals surface area contributed by atoms with Crippen molar-refractivity contribution in [2.75, 3.05) is 0 Å². The first-order valence-electron chi connectivity index (χ1n) is 5.28. The van der Waals surface area contributed by atoms with E-state index in [0.717, 1.165) is 16.1 Å². The minimum Gasteiger partial charge on any atom is -0.299 e. The highest BCUT2D eigenvalue weighted by molar-refractivity contribution is 7.12. The van der Waals surface area contributed by atoms with E-state index in [-0.39, 0.29) is 10.8 Å². The summed E-state index contributed by atoms with van der Waals surface area (Å²) in [6.45, 7) is 4.22. The summed E-state index contributed by atoms with van der Waals surface area (Å²) in [5.41, 5.74) is 3.87. The number of aromatic nitrogens is 1. The molecule has 2 aromatic heterocycles. The summed E-state index contributed by atoms with van der Waals surface area (Å²) >= 11 is 2.54. The SMILES string of the molecule is Cc1sc(=O)n(Cc2ccsc2C(=O)NN)c1C. The number of nitrogen functional groups attached to an aromatic ring is 1. The van der Waals surface area contributed by atoms with E-state index >= 15 is 0 Å². The van der Waals surface area contributed by atoms with Gasteiger partial charge in [0, 0.05) is 10.6 Å². The fourth-order valence-corrected chi connectivity index (χ4v) is 3.32. The predicted octanol–water partition coefficient (Wildman–Crippen LogP) is 1.24. The van der Waals surface area contributed by atoms with Gasteiger partial charge in [0.2, 0.25) is 0 Å². The number of hydrogen-bond acceptors (Lipinski definition) is 5. The number of nitrogens with two attached hydrogens (primary N) is 1. The lowest BCUT2D eigenvalue weighted by molar-refractivity contribution is 0.0957. The molecule has 0 spiro atoms. The van der Waals surface area contributed by atoms with Gasteiger partial charge in [-0.05, 0) is 30.9 Å². The molecule has 18 heavy (non-hydrogen) atoms. The zero-order chi connectivity index (χ0) is 13.3. The summed E-state index contributed by atoms with van der Waals surface area (Å²) in [6, 6.07) is 1.84. The number of nitrogens with zero attached hydrogens (tertiary/aromatic N) is 1.